The molecule has 2 rings (SSSR count). The van der Waals surface area contributed by atoms with Crippen molar-refractivity contribution >= 4 is 24.8 Å². The van der Waals surface area contributed by atoms with E-state index >= 15 is 0 Å². The Bertz CT molecular complexity index is 432. The van der Waals surface area contributed by atoms with E-state index in [9.17, 15) is 13.2 Å². The van der Waals surface area contributed by atoms with E-state index in [0.29, 0.717) is 31.9 Å². The predicted octanol–water partition coefficient (Wildman–Crippen LogP) is 2.89. The fraction of sp³-hybridized carbons (Fsp3) is 0.538. The summed E-state index contributed by atoms with van der Waals surface area (Å²) in [6.45, 7) is 2.32. The molecular formula is C13H19Cl2F3N2O. The van der Waals surface area contributed by atoms with Crippen LogP contribution < -0.4 is 10.1 Å². The second-order valence-corrected chi connectivity index (χ2v) is 4.45. The van der Waals surface area contributed by atoms with Crippen molar-refractivity contribution in [2.45, 2.75) is 12.5 Å². The van der Waals surface area contributed by atoms with Crippen molar-refractivity contribution in [2.75, 3.05) is 33.3 Å². The Morgan fingerprint density at radius 3 is 2.33 bits per heavy atom. The van der Waals surface area contributed by atoms with Gasteiger partial charge in [-0.15, -0.1) is 24.8 Å². The van der Waals surface area contributed by atoms with Crippen LogP contribution in [0.5, 0.6) is 5.75 Å². The molecule has 1 atom stereocenters. The summed E-state index contributed by atoms with van der Waals surface area (Å²) in [5.41, 5.74) is 0.208. The molecular weight excluding hydrogens is 328 g/mol. The highest BCUT2D eigenvalue weighted by Gasteiger charge is 2.32. The first kappa shape index (κ1) is 20.3. The number of alkyl halides is 2. The van der Waals surface area contributed by atoms with Gasteiger partial charge in [-0.2, -0.15) is 0 Å². The minimum Gasteiger partial charge on any atom is -0.496 e. The summed E-state index contributed by atoms with van der Waals surface area (Å²) in [7, 11) is 1.40. The zero-order valence-electron chi connectivity index (χ0n) is 11.5. The zero-order chi connectivity index (χ0) is 13.8. The average Bonchev–Trinajstić information content (AvgIpc) is 2.40. The number of hydrogen-bond donors (Lipinski definition) is 1. The summed E-state index contributed by atoms with van der Waals surface area (Å²) in [6.07, 6.45) is -2.59. The first-order chi connectivity index (χ1) is 9.13. The van der Waals surface area contributed by atoms with E-state index < -0.39 is 18.3 Å². The summed E-state index contributed by atoms with van der Waals surface area (Å²) in [6, 6.07) is 2.61. The van der Waals surface area contributed by atoms with Gasteiger partial charge in [-0.25, -0.2) is 13.2 Å². The maximum atomic E-state index is 13.4. The van der Waals surface area contributed by atoms with Crippen LogP contribution in [0, 0.1) is 5.82 Å². The lowest BCUT2D eigenvalue weighted by atomic mass is 10.0. The summed E-state index contributed by atoms with van der Waals surface area (Å²) in [5.74, 6) is -0.234. The summed E-state index contributed by atoms with van der Waals surface area (Å²) in [4.78, 5) is 1.67. The molecule has 0 aliphatic carbocycles. The van der Waals surface area contributed by atoms with E-state index in [1.54, 1.807) is 4.90 Å². The number of nitrogens with zero attached hydrogens (tertiary/aromatic N) is 1. The van der Waals surface area contributed by atoms with Gasteiger partial charge >= 0.3 is 0 Å². The molecule has 3 nitrogen and oxygen atoms in total. The van der Waals surface area contributed by atoms with Crippen molar-refractivity contribution in [1.82, 2.24) is 10.2 Å². The summed E-state index contributed by atoms with van der Waals surface area (Å²) >= 11 is 0. The highest BCUT2D eigenvalue weighted by Crippen LogP contribution is 2.34. The minimum absolute atomic E-state index is 0. The van der Waals surface area contributed by atoms with Crippen molar-refractivity contribution in [3.8, 4) is 5.75 Å². The monoisotopic (exact) mass is 346 g/mol. The number of halogens is 5. The number of ether oxygens (including phenoxy) is 1. The van der Waals surface area contributed by atoms with Gasteiger partial charge in [0.1, 0.15) is 17.6 Å². The molecule has 1 fully saturated rings. The van der Waals surface area contributed by atoms with Gasteiger partial charge in [0.15, 0.2) is 0 Å². The Morgan fingerprint density at radius 1 is 1.19 bits per heavy atom. The Hall–Kier alpha value is -0.690. The van der Waals surface area contributed by atoms with Crippen LogP contribution in [0.4, 0.5) is 13.2 Å². The molecule has 0 amide bonds. The van der Waals surface area contributed by atoms with Crippen LogP contribution in [-0.2, 0) is 0 Å². The first-order valence-corrected chi connectivity index (χ1v) is 6.20. The standard InChI is InChI=1S/C13H17F3N2O.2ClH/c1-19-11-3-2-9(14)8-10(11)12(13(15)16)18-6-4-17-5-7-18;;/h2-3,8,12-13,17H,4-7H2,1H3;2*1H/t12-;;/m1../s1. The number of benzene rings is 1. The first-order valence-electron chi connectivity index (χ1n) is 6.20. The van der Waals surface area contributed by atoms with E-state index in [-0.39, 0.29) is 30.4 Å². The number of hydrogen-bond acceptors (Lipinski definition) is 3. The third kappa shape index (κ3) is 4.92. The second-order valence-electron chi connectivity index (χ2n) is 4.45. The molecule has 0 unspecified atom stereocenters. The van der Waals surface area contributed by atoms with Gasteiger partial charge in [0.05, 0.1) is 7.11 Å². The largest absolute Gasteiger partial charge is 0.496 e. The SMILES string of the molecule is COc1ccc(F)cc1[C@H](C(F)F)N1CCNCC1.Cl.Cl. The summed E-state index contributed by atoms with van der Waals surface area (Å²) in [5, 5.41) is 3.11. The predicted molar refractivity (Wildman–Crippen MR) is 80.6 cm³/mol. The quantitative estimate of drug-likeness (QED) is 0.907. The van der Waals surface area contributed by atoms with Crippen molar-refractivity contribution < 1.29 is 17.9 Å². The van der Waals surface area contributed by atoms with Gasteiger partial charge in [-0.05, 0) is 18.2 Å². The fourth-order valence-electron chi connectivity index (χ4n) is 2.39. The van der Waals surface area contributed by atoms with E-state index in [1.165, 1.54) is 19.2 Å². The fourth-order valence-corrected chi connectivity index (χ4v) is 2.39. The molecule has 0 spiro atoms. The normalized spacial score (nSPS) is 16.8. The Morgan fingerprint density at radius 2 is 1.81 bits per heavy atom. The van der Waals surface area contributed by atoms with Crippen molar-refractivity contribution in [2.24, 2.45) is 0 Å². The van der Waals surface area contributed by atoms with Crippen LogP contribution in [0.1, 0.15) is 11.6 Å². The highest BCUT2D eigenvalue weighted by molar-refractivity contribution is 5.85. The molecule has 1 aliphatic rings. The van der Waals surface area contributed by atoms with E-state index in [4.69, 9.17) is 4.74 Å². The lowest BCUT2D eigenvalue weighted by Gasteiger charge is -2.35. The molecule has 1 saturated heterocycles. The van der Waals surface area contributed by atoms with Crippen LogP contribution in [0.25, 0.3) is 0 Å². The van der Waals surface area contributed by atoms with Gasteiger partial charge in [0, 0.05) is 31.7 Å². The molecule has 1 aromatic rings. The van der Waals surface area contributed by atoms with Crippen LogP contribution in [0.15, 0.2) is 18.2 Å². The highest BCUT2D eigenvalue weighted by atomic mass is 35.5. The van der Waals surface area contributed by atoms with Crippen LogP contribution >= 0.6 is 24.8 Å². The van der Waals surface area contributed by atoms with Gasteiger partial charge in [0.25, 0.3) is 6.43 Å². The third-order valence-corrected chi connectivity index (χ3v) is 3.29. The molecule has 0 bridgehead atoms. The van der Waals surface area contributed by atoms with Gasteiger partial charge in [-0.1, -0.05) is 0 Å². The maximum absolute atomic E-state index is 13.4. The van der Waals surface area contributed by atoms with E-state index in [2.05, 4.69) is 5.32 Å². The van der Waals surface area contributed by atoms with Gasteiger partial charge in [0.2, 0.25) is 0 Å². The van der Waals surface area contributed by atoms with Crippen molar-refractivity contribution in [3.05, 3.63) is 29.6 Å². The maximum Gasteiger partial charge on any atom is 0.258 e. The minimum atomic E-state index is -2.59. The zero-order valence-corrected chi connectivity index (χ0v) is 13.2. The molecule has 0 aromatic heterocycles. The third-order valence-electron chi connectivity index (χ3n) is 3.29. The topological polar surface area (TPSA) is 24.5 Å². The van der Waals surface area contributed by atoms with Gasteiger partial charge < -0.3 is 10.1 Å². The lowest BCUT2D eigenvalue weighted by Crippen LogP contribution is -2.47. The Balaban J connectivity index is 0.00000200. The molecule has 8 heteroatoms. The van der Waals surface area contributed by atoms with E-state index in [1.807, 2.05) is 0 Å². The van der Waals surface area contributed by atoms with Crippen molar-refractivity contribution in [3.63, 3.8) is 0 Å². The van der Waals surface area contributed by atoms with Crippen molar-refractivity contribution in [1.29, 1.82) is 0 Å². The number of nitrogens with one attached hydrogen (secondary N) is 1. The average molecular weight is 347 g/mol. The van der Waals surface area contributed by atoms with Gasteiger partial charge in [-0.3, -0.25) is 4.90 Å². The molecule has 1 aromatic carbocycles. The number of piperazine rings is 1. The molecule has 122 valence electrons. The summed E-state index contributed by atoms with van der Waals surface area (Å²) < 4.78 is 45.2. The number of methoxy groups -OCH3 is 1. The van der Waals surface area contributed by atoms with Crippen LogP contribution in [0.3, 0.4) is 0 Å². The second kappa shape index (κ2) is 9.35. The lowest BCUT2D eigenvalue weighted by molar-refractivity contribution is 0.0169. The number of rotatable bonds is 4. The molecule has 21 heavy (non-hydrogen) atoms. The Kier molecular flexibility index (Phi) is 9.04. The molecule has 0 saturated carbocycles. The molecule has 1 aliphatic heterocycles. The Labute approximate surface area is 134 Å². The molecule has 0 radical (unpaired) electrons. The van der Waals surface area contributed by atoms with Crippen LogP contribution in [0.2, 0.25) is 0 Å². The van der Waals surface area contributed by atoms with Crippen LogP contribution in [-0.4, -0.2) is 44.6 Å². The van der Waals surface area contributed by atoms with E-state index in [0.717, 1.165) is 6.07 Å². The smallest absolute Gasteiger partial charge is 0.258 e. The molecule has 1 N–H and O–H groups in total. The molecule has 1 heterocycles.